The number of halogens is 1. The Labute approximate surface area is 335 Å². The van der Waals surface area contributed by atoms with Crippen LogP contribution >= 0.6 is 11.6 Å². The summed E-state index contributed by atoms with van der Waals surface area (Å²) in [4.78, 5) is 55.5. The molecular formula is C41H60ClN3O11. The van der Waals surface area contributed by atoms with Crippen LogP contribution in [0.15, 0.2) is 23.8 Å². The number of ether oxygens (including phenoxy) is 5. The van der Waals surface area contributed by atoms with Gasteiger partial charge >= 0.3 is 18.0 Å². The maximum atomic E-state index is 14.1. The summed E-state index contributed by atoms with van der Waals surface area (Å²) in [6.07, 6.45) is 2.61. The molecule has 0 aromatic heterocycles. The average molecular weight is 806 g/mol. The van der Waals surface area contributed by atoms with E-state index in [1.165, 1.54) is 19.1 Å². The Balaban J connectivity index is 1.36. The number of methoxy groups -OCH3 is 2. The highest BCUT2D eigenvalue weighted by molar-refractivity contribution is 6.35. The molecule has 4 aliphatic heterocycles. The van der Waals surface area contributed by atoms with Crippen molar-refractivity contribution in [3.8, 4) is 5.75 Å². The van der Waals surface area contributed by atoms with Gasteiger partial charge in [0.1, 0.15) is 34.7 Å². The number of carboxylic acid groups (broad SMARTS) is 1. The molecule has 4 aliphatic rings. The van der Waals surface area contributed by atoms with E-state index >= 15 is 0 Å². The van der Waals surface area contributed by atoms with Gasteiger partial charge in [-0.3, -0.25) is 19.7 Å². The fourth-order valence-electron chi connectivity index (χ4n) is 8.66. The molecule has 4 heterocycles. The van der Waals surface area contributed by atoms with Crippen molar-refractivity contribution in [3.63, 3.8) is 0 Å². The molecule has 56 heavy (non-hydrogen) atoms. The summed E-state index contributed by atoms with van der Waals surface area (Å²) in [5.74, 6) is -1.92. The number of nitrogens with one attached hydrogen (secondary N) is 1. The zero-order chi connectivity index (χ0) is 40.9. The number of aliphatic hydroxyl groups is 1. The molecule has 0 saturated carbocycles. The molecule has 1 unspecified atom stereocenters. The van der Waals surface area contributed by atoms with E-state index < -0.39 is 59.7 Å². The fraction of sp³-hybridized carbons (Fsp3) is 0.707. The van der Waals surface area contributed by atoms with Gasteiger partial charge in [0.25, 0.3) is 0 Å². The van der Waals surface area contributed by atoms with Gasteiger partial charge in [0, 0.05) is 32.9 Å². The van der Waals surface area contributed by atoms with Gasteiger partial charge in [0.05, 0.1) is 31.2 Å². The second kappa shape index (κ2) is 18.4. The summed E-state index contributed by atoms with van der Waals surface area (Å²) in [5.41, 5.74) is -0.499. The number of aliphatic carboxylic acids is 1. The SMILES string of the molecule is COc1cc2cc(c1Cl)N(C)C(=O)C[C@H](OC(=O)CCCCCN1CCC(C(=O)O)CC1)[C@]1(C)O[C@H]1[C@H](C)[C@@H]1C[C@@](O)(NC(=O)O1)[C@H](OC)CC(C)/C=C(\C)C2. The topological polar surface area (TPSA) is 177 Å². The first kappa shape index (κ1) is 43.7. The van der Waals surface area contributed by atoms with Gasteiger partial charge in [-0.05, 0) is 95.6 Å². The summed E-state index contributed by atoms with van der Waals surface area (Å²) in [5, 5.41) is 24.0. The fourth-order valence-corrected chi connectivity index (χ4v) is 8.97. The van der Waals surface area contributed by atoms with Crippen LogP contribution < -0.4 is 15.0 Å². The molecule has 0 spiro atoms. The van der Waals surface area contributed by atoms with E-state index in [0.717, 1.165) is 43.6 Å². The molecule has 1 aromatic carbocycles. The summed E-state index contributed by atoms with van der Waals surface area (Å²) < 4.78 is 29.6. The minimum Gasteiger partial charge on any atom is -0.495 e. The van der Waals surface area contributed by atoms with Crippen LogP contribution in [0.1, 0.15) is 91.0 Å². The highest BCUT2D eigenvalue weighted by Gasteiger charge is 2.64. The molecule has 0 radical (unpaired) electrons. The van der Waals surface area contributed by atoms with Crippen LogP contribution in [-0.4, -0.2) is 116 Å². The molecule has 3 saturated heterocycles. The van der Waals surface area contributed by atoms with E-state index in [2.05, 4.69) is 16.3 Å². The Morgan fingerprint density at radius 3 is 2.46 bits per heavy atom. The maximum Gasteiger partial charge on any atom is 0.409 e. The lowest BCUT2D eigenvalue weighted by atomic mass is 9.82. The lowest BCUT2D eigenvalue weighted by Crippen LogP contribution is -2.64. The molecule has 2 amide bonds. The van der Waals surface area contributed by atoms with Crippen LogP contribution in [0.25, 0.3) is 0 Å². The summed E-state index contributed by atoms with van der Waals surface area (Å²) >= 11 is 6.80. The third-order valence-corrected chi connectivity index (χ3v) is 12.5. The number of piperidine rings is 1. The quantitative estimate of drug-likeness (QED) is 0.117. The Kier molecular flexibility index (Phi) is 14.4. The van der Waals surface area contributed by atoms with Crippen molar-refractivity contribution in [2.75, 3.05) is 45.8 Å². The molecule has 4 bridgehead atoms. The van der Waals surface area contributed by atoms with Gasteiger partial charge in [-0.15, -0.1) is 0 Å². The Bertz CT molecular complexity index is 1630. The highest BCUT2D eigenvalue weighted by atomic mass is 35.5. The van der Waals surface area contributed by atoms with E-state index in [1.807, 2.05) is 32.9 Å². The molecular weight excluding hydrogens is 746 g/mol. The molecule has 1 aromatic rings. The van der Waals surface area contributed by atoms with Gasteiger partial charge < -0.3 is 43.7 Å². The van der Waals surface area contributed by atoms with Crippen LogP contribution in [0.5, 0.6) is 5.75 Å². The first-order valence-electron chi connectivity index (χ1n) is 19.8. The number of fused-ring (bicyclic) bond motifs is 5. The minimum absolute atomic E-state index is 0.0254. The first-order chi connectivity index (χ1) is 26.5. The molecule has 14 nitrogen and oxygen atoms in total. The third-order valence-electron chi connectivity index (χ3n) is 12.1. The standard InChI is InChI=1S/C41H60ClN3O11/c1-24-17-25(2)19-33(53-7)41(51)23-31(54-39(50)43-41)26(3)37-40(4,56-37)32(22-34(46)44(5)29-20-27(18-24)21-30(52-6)36(29)42)55-35(47)11-9-8-10-14-45-15-12-28(13-16-45)38(48)49/h17,20-21,25-26,28,31-33,37,51H,8-16,18-19,22-23H2,1-7H3,(H,43,50)(H,48,49)/b24-17+/t25?,26-,31+,32+,33-,37+,40+,41+/m1/s1. The van der Waals surface area contributed by atoms with Crippen molar-refractivity contribution in [1.29, 1.82) is 0 Å². The number of nitrogens with zero attached hydrogens (tertiary/aromatic N) is 2. The molecule has 3 N–H and O–H groups in total. The smallest absolute Gasteiger partial charge is 0.409 e. The number of amides is 2. The van der Waals surface area contributed by atoms with Crippen molar-refractivity contribution in [2.24, 2.45) is 17.8 Å². The predicted molar refractivity (Wildman–Crippen MR) is 209 cm³/mol. The number of esters is 1. The normalized spacial score (nSPS) is 33.0. The van der Waals surface area contributed by atoms with Crippen molar-refractivity contribution in [1.82, 2.24) is 10.2 Å². The Morgan fingerprint density at radius 1 is 1.09 bits per heavy atom. The van der Waals surface area contributed by atoms with Crippen LogP contribution in [0, 0.1) is 17.8 Å². The number of carboxylic acids is 1. The maximum absolute atomic E-state index is 14.1. The minimum atomic E-state index is -1.73. The Hall–Kier alpha value is -3.43. The molecule has 3 fully saturated rings. The largest absolute Gasteiger partial charge is 0.495 e. The summed E-state index contributed by atoms with van der Waals surface area (Å²) in [6.45, 7) is 9.99. The van der Waals surface area contributed by atoms with Crippen LogP contribution in [0.4, 0.5) is 10.5 Å². The predicted octanol–water partition coefficient (Wildman–Crippen LogP) is 5.49. The van der Waals surface area contributed by atoms with Gasteiger partial charge in [-0.25, -0.2) is 4.79 Å². The number of epoxide rings is 1. The number of rotatable bonds is 10. The molecule has 312 valence electrons. The number of carbonyl (C=O) groups excluding carboxylic acids is 3. The molecule has 15 heteroatoms. The number of allylic oxidation sites excluding steroid dienone is 2. The summed E-state index contributed by atoms with van der Waals surface area (Å²) in [6, 6.07) is 3.69. The number of likely N-dealkylation sites (tertiary alicyclic amines) is 1. The van der Waals surface area contributed by atoms with Crippen molar-refractivity contribution >= 4 is 41.2 Å². The third kappa shape index (κ3) is 10.4. The van der Waals surface area contributed by atoms with Gasteiger partial charge in [0.2, 0.25) is 5.91 Å². The van der Waals surface area contributed by atoms with Crippen LogP contribution in [-0.2, 0) is 39.8 Å². The number of unbranched alkanes of at least 4 members (excludes halogenated alkanes) is 2. The second-order valence-electron chi connectivity index (χ2n) is 16.4. The number of hydrogen-bond acceptors (Lipinski definition) is 11. The van der Waals surface area contributed by atoms with Crippen molar-refractivity contribution in [3.05, 3.63) is 34.4 Å². The Morgan fingerprint density at radius 2 is 1.80 bits per heavy atom. The lowest BCUT2D eigenvalue weighted by molar-refractivity contribution is -0.161. The number of anilines is 1. The monoisotopic (exact) mass is 805 g/mol. The highest BCUT2D eigenvalue weighted by Crippen LogP contribution is 2.49. The average Bonchev–Trinajstić information content (AvgIpc) is 3.84. The summed E-state index contributed by atoms with van der Waals surface area (Å²) in [7, 11) is 4.64. The van der Waals surface area contributed by atoms with Crippen molar-refractivity contribution in [2.45, 2.75) is 128 Å². The molecule has 0 aliphatic carbocycles. The van der Waals surface area contributed by atoms with E-state index in [4.69, 9.17) is 35.3 Å². The second-order valence-corrected chi connectivity index (χ2v) is 16.8. The zero-order valence-electron chi connectivity index (χ0n) is 33.8. The van der Waals surface area contributed by atoms with Gasteiger partial charge in [-0.2, -0.15) is 0 Å². The van der Waals surface area contributed by atoms with E-state index in [1.54, 1.807) is 14.0 Å². The van der Waals surface area contributed by atoms with E-state index in [-0.39, 0.29) is 42.0 Å². The first-order valence-corrected chi connectivity index (χ1v) is 20.2. The van der Waals surface area contributed by atoms with Crippen LogP contribution in [0.2, 0.25) is 5.02 Å². The zero-order valence-corrected chi connectivity index (χ0v) is 34.6. The number of alkyl carbamates (subject to hydrolysis) is 1. The number of benzene rings is 1. The van der Waals surface area contributed by atoms with E-state index in [9.17, 15) is 29.4 Å². The number of carbonyl (C=O) groups is 4. The number of hydrogen-bond donors (Lipinski definition) is 3. The van der Waals surface area contributed by atoms with Crippen molar-refractivity contribution < 1.29 is 53.1 Å². The molecule has 5 rings (SSSR count). The lowest BCUT2D eigenvalue weighted by Gasteiger charge is -2.43. The van der Waals surface area contributed by atoms with Crippen LogP contribution in [0.3, 0.4) is 0 Å². The van der Waals surface area contributed by atoms with E-state index in [0.29, 0.717) is 43.5 Å². The molecule has 8 atom stereocenters. The van der Waals surface area contributed by atoms with Gasteiger partial charge in [-0.1, -0.05) is 43.5 Å². The van der Waals surface area contributed by atoms with Gasteiger partial charge in [0.15, 0.2) is 5.72 Å².